The Hall–Kier alpha value is -2.51. The van der Waals surface area contributed by atoms with Gasteiger partial charge in [-0.05, 0) is 70.6 Å². The van der Waals surface area contributed by atoms with Gasteiger partial charge in [-0.1, -0.05) is 152 Å². The molecule has 3 heterocycles. The summed E-state index contributed by atoms with van der Waals surface area (Å²) in [4.78, 5) is 13.3. The van der Waals surface area contributed by atoms with Crippen molar-refractivity contribution in [1.29, 1.82) is 0 Å². The van der Waals surface area contributed by atoms with E-state index in [1.807, 2.05) is 6.08 Å². The molecular weight excluding hydrogens is 999 g/mol. The van der Waals surface area contributed by atoms with E-state index in [1.54, 1.807) is 6.08 Å². The fraction of sp³-hybridized carbons (Fsp3) is 0.810. The molecule has 446 valence electrons. The first-order valence-corrected chi connectivity index (χ1v) is 29.0. The van der Waals surface area contributed by atoms with E-state index in [2.05, 4.69) is 67.8 Å². The molecule has 17 atom stereocenters. The first-order chi connectivity index (χ1) is 37.3. The fourth-order valence-corrected chi connectivity index (χ4v) is 9.45. The minimum absolute atomic E-state index is 0.224. The van der Waals surface area contributed by atoms with Crippen LogP contribution in [0, 0.1) is 0 Å². The zero-order chi connectivity index (χ0) is 56.2. The molecule has 17 unspecified atom stereocenters. The van der Waals surface area contributed by atoms with Gasteiger partial charge in [-0.15, -0.1) is 0 Å². The van der Waals surface area contributed by atoms with E-state index in [1.165, 1.54) is 64.2 Å². The summed E-state index contributed by atoms with van der Waals surface area (Å²) in [6, 6.07) is -0.994. The highest BCUT2D eigenvalue weighted by Crippen LogP contribution is 2.33. The van der Waals surface area contributed by atoms with Crippen molar-refractivity contribution >= 4 is 5.91 Å². The quantitative estimate of drug-likeness (QED) is 0.0297. The standard InChI is InChI=1S/C58H101NO18/c1-3-5-7-9-11-13-14-15-16-17-18-19-20-21-22-23-24-25-26-28-30-32-34-36-46(64)59-41(42(63)35-33-31-29-27-12-10-8-6-4-2)40-72-56-52(70)49(67)54(44(38-61)74-56)77-58-53(71)50(68)55(45(39-62)75-58)76-57-51(69)48(66)47(65)43(37-60)73-57/h12,14-15,17-18,20-21,27,33,35,41-45,47-58,60-63,65-71H,3-11,13,16,19,22-26,28-32,34,36-40H2,1-2H3,(H,59,64)/b15-14-,18-17-,21-20-,27-12+,35-33+. The van der Waals surface area contributed by atoms with Crippen molar-refractivity contribution in [2.45, 2.75) is 272 Å². The van der Waals surface area contributed by atoms with Gasteiger partial charge in [0.25, 0.3) is 0 Å². The van der Waals surface area contributed by atoms with Gasteiger partial charge in [0.1, 0.15) is 73.2 Å². The molecule has 0 saturated carbocycles. The molecule has 0 aromatic carbocycles. The highest BCUT2D eigenvalue weighted by molar-refractivity contribution is 5.76. The average molecular weight is 1100 g/mol. The summed E-state index contributed by atoms with van der Waals surface area (Å²) in [6.07, 6.45) is 19.5. The van der Waals surface area contributed by atoms with Crippen LogP contribution in [-0.4, -0.2) is 193 Å². The maximum Gasteiger partial charge on any atom is 0.220 e. The van der Waals surface area contributed by atoms with Crippen LogP contribution in [0.4, 0.5) is 0 Å². The third kappa shape index (κ3) is 25.9. The summed E-state index contributed by atoms with van der Waals surface area (Å²) in [7, 11) is 0. The number of hydrogen-bond acceptors (Lipinski definition) is 18. The minimum Gasteiger partial charge on any atom is -0.394 e. The number of ether oxygens (including phenoxy) is 6. The second-order valence-corrected chi connectivity index (χ2v) is 20.7. The number of rotatable bonds is 41. The van der Waals surface area contributed by atoms with E-state index >= 15 is 0 Å². The summed E-state index contributed by atoms with van der Waals surface area (Å²) in [5.74, 6) is -0.299. The SMILES string of the molecule is CCCCC/C=C/CC/C=C/C(O)C(COC1OC(CO)C(OC2OC(CO)C(OC3OC(CO)C(O)C(O)C3O)C(O)C2O)C(O)C1O)NC(=O)CCCCCCCCCC/C=C\C/C=C\C/C=C\CCCCCCC. The van der Waals surface area contributed by atoms with Crippen LogP contribution in [0.5, 0.6) is 0 Å². The van der Waals surface area contributed by atoms with Gasteiger partial charge in [0.05, 0.1) is 38.6 Å². The molecule has 0 aromatic rings. The molecule has 0 radical (unpaired) electrons. The van der Waals surface area contributed by atoms with Crippen molar-refractivity contribution in [3.05, 3.63) is 60.8 Å². The Balaban J connectivity index is 1.46. The van der Waals surface area contributed by atoms with Gasteiger partial charge in [0.15, 0.2) is 18.9 Å². The second kappa shape index (κ2) is 41.5. The summed E-state index contributed by atoms with van der Waals surface area (Å²) in [5, 5.41) is 120. The van der Waals surface area contributed by atoms with Gasteiger partial charge < -0.3 is 89.9 Å². The Morgan fingerprint density at radius 3 is 1.42 bits per heavy atom. The van der Waals surface area contributed by atoms with Gasteiger partial charge in [-0.25, -0.2) is 0 Å². The van der Waals surface area contributed by atoms with E-state index in [9.17, 15) is 61.0 Å². The average Bonchev–Trinajstić information content (AvgIpc) is 3.43. The summed E-state index contributed by atoms with van der Waals surface area (Å²) in [5.41, 5.74) is 0. The maximum atomic E-state index is 13.3. The van der Waals surface area contributed by atoms with Crippen LogP contribution in [0.3, 0.4) is 0 Å². The van der Waals surface area contributed by atoms with Crippen LogP contribution in [0.15, 0.2) is 60.8 Å². The lowest BCUT2D eigenvalue weighted by atomic mass is 9.96. The Morgan fingerprint density at radius 2 is 0.870 bits per heavy atom. The molecule has 0 spiro atoms. The van der Waals surface area contributed by atoms with Crippen LogP contribution in [0.1, 0.15) is 168 Å². The number of carbonyl (C=O) groups excluding carboxylic acids is 1. The Kier molecular flexibility index (Phi) is 37.0. The topological polar surface area (TPSA) is 307 Å². The second-order valence-electron chi connectivity index (χ2n) is 20.7. The van der Waals surface area contributed by atoms with Crippen LogP contribution in [0.25, 0.3) is 0 Å². The summed E-state index contributed by atoms with van der Waals surface area (Å²) >= 11 is 0. The van der Waals surface area contributed by atoms with Crippen molar-refractivity contribution in [2.75, 3.05) is 26.4 Å². The predicted molar refractivity (Wildman–Crippen MR) is 291 cm³/mol. The van der Waals surface area contributed by atoms with Gasteiger partial charge in [0, 0.05) is 6.42 Å². The Labute approximate surface area is 458 Å². The molecule has 3 aliphatic rings. The molecule has 0 aromatic heterocycles. The zero-order valence-electron chi connectivity index (χ0n) is 46.2. The fourth-order valence-electron chi connectivity index (χ4n) is 9.45. The number of unbranched alkanes of at least 4 members (excludes halogenated alkanes) is 17. The highest BCUT2D eigenvalue weighted by Gasteiger charge is 2.53. The number of hydrogen-bond donors (Lipinski definition) is 12. The van der Waals surface area contributed by atoms with Gasteiger partial charge in [0.2, 0.25) is 5.91 Å². The normalized spacial score (nSPS) is 31.2. The molecule has 0 aliphatic carbocycles. The third-order valence-corrected chi connectivity index (χ3v) is 14.3. The van der Waals surface area contributed by atoms with Gasteiger partial charge >= 0.3 is 0 Å². The number of carbonyl (C=O) groups is 1. The molecule has 0 bridgehead atoms. The van der Waals surface area contributed by atoms with E-state index < -0.39 is 124 Å². The molecule has 12 N–H and O–H groups in total. The lowest BCUT2D eigenvalue weighted by molar-refractivity contribution is -0.379. The predicted octanol–water partition coefficient (Wildman–Crippen LogP) is 4.48. The van der Waals surface area contributed by atoms with Gasteiger partial charge in [-0.2, -0.15) is 0 Å². The molecule has 3 fully saturated rings. The van der Waals surface area contributed by atoms with Crippen molar-refractivity contribution in [2.24, 2.45) is 0 Å². The number of allylic oxidation sites excluding steroid dienone is 9. The molecule has 1 amide bonds. The van der Waals surface area contributed by atoms with E-state index in [0.717, 1.165) is 70.6 Å². The van der Waals surface area contributed by atoms with E-state index in [4.69, 9.17) is 28.4 Å². The monoisotopic (exact) mass is 1100 g/mol. The van der Waals surface area contributed by atoms with E-state index in [0.29, 0.717) is 12.8 Å². The lowest BCUT2D eigenvalue weighted by Crippen LogP contribution is -2.66. The number of amides is 1. The molecular formula is C58H101NO18. The molecule has 3 saturated heterocycles. The maximum absolute atomic E-state index is 13.3. The highest BCUT2D eigenvalue weighted by atomic mass is 16.8. The first kappa shape index (κ1) is 68.8. The first-order valence-electron chi connectivity index (χ1n) is 29.0. The van der Waals surface area contributed by atoms with Crippen LogP contribution in [0.2, 0.25) is 0 Å². The van der Waals surface area contributed by atoms with Gasteiger partial charge in [-0.3, -0.25) is 4.79 Å². The molecule has 77 heavy (non-hydrogen) atoms. The number of aliphatic hydroxyl groups is 11. The third-order valence-electron chi connectivity index (χ3n) is 14.3. The van der Waals surface area contributed by atoms with Crippen molar-refractivity contribution in [3.8, 4) is 0 Å². The minimum atomic E-state index is -1.98. The lowest BCUT2D eigenvalue weighted by Gasteiger charge is -2.48. The van der Waals surface area contributed by atoms with Crippen LogP contribution >= 0.6 is 0 Å². The zero-order valence-corrected chi connectivity index (χ0v) is 46.2. The van der Waals surface area contributed by atoms with Crippen LogP contribution in [-0.2, 0) is 33.2 Å². The Morgan fingerprint density at radius 1 is 0.468 bits per heavy atom. The number of nitrogens with one attached hydrogen (secondary N) is 1. The number of aliphatic hydroxyl groups excluding tert-OH is 11. The Bertz CT molecular complexity index is 1650. The van der Waals surface area contributed by atoms with Crippen molar-refractivity contribution in [3.63, 3.8) is 0 Å². The molecule has 3 aliphatic heterocycles. The summed E-state index contributed by atoms with van der Waals surface area (Å²) < 4.78 is 34.1. The largest absolute Gasteiger partial charge is 0.394 e. The van der Waals surface area contributed by atoms with E-state index in [-0.39, 0.29) is 18.9 Å². The van der Waals surface area contributed by atoms with Crippen molar-refractivity contribution < 1.29 is 89.4 Å². The van der Waals surface area contributed by atoms with Crippen LogP contribution < -0.4 is 5.32 Å². The summed E-state index contributed by atoms with van der Waals surface area (Å²) in [6.45, 7) is 1.59. The molecule has 3 rings (SSSR count). The smallest absolute Gasteiger partial charge is 0.220 e. The molecule has 19 heteroatoms. The van der Waals surface area contributed by atoms with Crippen molar-refractivity contribution in [1.82, 2.24) is 5.32 Å². The molecule has 19 nitrogen and oxygen atoms in total.